The summed E-state index contributed by atoms with van der Waals surface area (Å²) in [7, 11) is 0. The molecule has 0 radical (unpaired) electrons. The Kier molecular flexibility index (Phi) is 8.34. The van der Waals surface area contributed by atoms with Gasteiger partial charge in [0, 0.05) is 28.3 Å². The number of rotatable bonds is 7. The number of nitrogens with one attached hydrogen (secondary N) is 1. The van der Waals surface area contributed by atoms with Crippen LogP contribution >= 0.6 is 27.7 Å². The van der Waals surface area contributed by atoms with Crippen LogP contribution in [0.15, 0.2) is 33.8 Å². The number of thioether (sulfide) groups is 1. The summed E-state index contributed by atoms with van der Waals surface area (Å²) >= 11 is 5.09. The molecule has 4 nitrogen and oxygen atoms in total. The highest BCUT2D eigenvalue weighted by molar-refractivity contribution is 9.10. The minimum Gasteiger partial charge on any atom is -0.272 e. The molecule has 0 aliphatic heterocycles. The molecular weight excluding hydrogens is 386 g/mol. The lowest BCUT2D eigenvalue weighted by Gasteiger charge is -2.23. The van der Waals surface area contributed by atoms with E-state index in [0.29, 0.717) is 18.1 Å². The van der Waals surface area contributed by atoms with Gasteiger partial charge in [0.05, 0.1) is 11.8 Å². The standard InChI is InChI=1S/C18H22BrN3OS/c19-16-9-3-1-7-15(16)12-24-13-18(23)22-21-17-10-4-2-6-14(17)8-5-11-20/h1,3,7,9,14H,2,4-6,8,10,12-13H2,(H,22,23)/b21-17+. The highest BCUT2D eigenvalue weighted by atomic mass is 79.9. The maximum Gasteiger partial charge on any atom is 0.250 e. The highest BCUT2D eigenvalue weighted by Crippen LogP contribution is 2.25. The lowest BCUT2D eigenvalue weighted by atomic mass is 9.84. The first-order valence-corrected chi connectivity index (χ1v) is 10.2. The Morgan fingerprint density at radius 3 is 3.04 bits per heavy atom. The third-order valence-electron chi connectivity index (χ3n) is 4.08. The normalized spacial score (nSPS) is 19.0. The number of carbonyl (C=O) groups excluding carboxylic acids is 1. The molecular formula is C18H22BrN3OS. The van der Waals surface area contributed by atoms with Gasteiger partial charge in [-0.2, -0.15) is 10.4 Å². The van der Waals surface area contributed by atoms with Crippen molar-refractivity contribution in [2.45, 2.75) is 44.3 Å². The van der Waals surface area contributed by atoms with Crippen LogP contribution in [-0.4, -0.2) is 17.4 Å². The Morgan fingerprint density at radius 2 is 2.25 bits per heavy atom. The first-order valence-electron chi connectivity index (χ1n) is 8.24. The molecule has 0 heterocycles. The summed E-state index contributed by atoms with van der Waals surface area (Å²) in [6.45, 7) is 0. The largest absolute Gasteiger partial charge is 0.272 e. The molecule has 24 heavy (non-hydrogen) atoms. The van der Waals surface area contributed by atoms with E-state index in [9.17, 15) is 4.79 Å². The number of carbonyl (C=O) groups is 1. The Hall–Kier alpha value is -1.32. The summed E-state index contributed by atoms with van der Waals surface area (Å²) in [6, 6.07) is 10.2. The molecule has 1 amide bonds. The minimum absolute atomic E-state index is 0.0656. The third kappa shape index (κ3) is 6.29. The summed E-state index contributed by atoms with van der Waals surface area (Å²) in [5.74, 6) is 1.47. The summed E-state index contributed by atoms with van der Waals surface area (Å²) in [5, 5.41) is 13.1. The number of nitriles is 1. The predicted octanol–water partition coefficient (Wildman–Crippen LogP) is 4.65. The van der Waals surface area contributed by atoms with Crippen molar-refractivity contribution >= 4 is 39.3 Å². The zero-order chi connectivity index (χ0) is 17.2. The summed E-state index contributed by atoms with van der Waals surface area (Å²) in [5.41, 5.74) is 4.94. The zero-order valence-corrected chi connectivity index (χ0v) is 16.0. The molecule has 1 aromatic carbocycles. The predicted molar refractivity (Wildman–Crippen MR) is 103 cm³/mol. The van der Waals surface area contributed by atoms with E-state index in [1.54, 1.807) is 11.8 Å². The second kappa shape index (κ2) is 10.5. The monoisotopic (exact) mass is 407 g/mol. The number of hydrogen-bond donors (Lipinski definition) is 1. The number of amides is 1. The van der Waals surface area contributed by atoms with Crippen LogP contribution in [0.25, 0.3) is 0 Å². The van der Waals surface area contributed by atoms with Crippen molar-refractivity contribution in [2.75, 3.05) is 5.75 Å². The van der Waals surface area contributed by atoms with E-state index in [1.165, 1.54) is 12.0 Å². The average molecular weight is 408 g/mol. The van der Waals surface area contributed by atoms with Crippen LogP contribution in [0.4, 0.5) is 0 Å². The van der Waals surface area contributed by atoms with Gasteiger partial charge in [0.15, 0.2) is 0 Å². The van der Waals surface area contributed by atoms with Gasteiger partial charge in [0.25, 0.3) is 0 Å². The molecule has 0 aromatic heterocycles. The van der Waals surface area contributed by atoms with Gasteiger partial charge < -0.3 is 0 Å². The smallest absolute Gasteiger partial charge is 0.250 e. The fraction of sp³-hybridized carbons (Fsp3) is 0.500. The molecule has 1 N–H and O–H groups in total. The van der Waals surface area contributed by atoms with E-state index in [0.717, 1.165) is 41.6 Å². The topological polar surface area (TPSA) is 65.2 Å². The lowest BCUT2D eigenvalue weighted by molar-refractivity contribution is -0.118. The van der Waals surface area contributed by atoms with Crippen molar-refractivity contribution in [1.82, 2.24) is 5.43 Å². The van der Waals surface area contributed by atoms with Gasteiger partial charge in [0.1, 0.15) is 0 Å². The Morgan fingerprint density at radius 1 is 1.42 bits per heavy atom. The van der Waals surface area contributed by atoms with Gasteiger partial charge in [0.2, 0.25) is 5.91 Å². The number of hydrazone groups is 1. The van der Waals surface area contributed by atoms with E-state index in [4.69, 9.17) is 5.26 Å². The summed E-state index contributed by atoms with van der Waals surface area (Å²) in [6.07, 6.45) is 5.72. The van der Waals surface area contributed by atoms with E-state index < -0.39 is 0 Å². The van der Waals surface area contributed by atoms with E-state index in [2.05, 4.69) is 38.6 Å². The second-order valence-electron chi connectivity index (χ2n) is 5.86. The molecule has 0 spiro atoms. The fourth-order valence-electron chi connectivity index (χ4n) is 2.80. The minimum atomic E-state index is -0.0656. The molecule has 1 aliphatic rings. The molecule has 1 aliphatic carbocycles. The SMILES string of the molecule is N#CCCC1CCCC/C1=N\NC(=O)CSCc1ccccc1Br. The fourth-order valence-corrected chi connectivity index (χ4v) is 4.23. The van der Waals surface area contributed by atoms with Crippen LogP contribution in [0.5, 0.6) is 0 Å². The maximum atomic E-state index is 12.0. The maximum absolute atomic E-state index is 12.0. The first kappa shape index (κ1) is 19.0. The number of benzene rings is 1. The van der Waals surface area contributed by atoms with E-state index >= 15 is 0 Å². The van der Waals surface area contributed by atoms with Crippen LogP contribution in [0.1, 0.15) is 44.1 Å². The van der Waals surface area contributed by atoms with Crippen molar-refractivity contribution < 1.29 is 4.79 Å². The van der Waals surface area contributed by atoms with Crippen molar-refractivity contribution in [2.24, 2.45) is 11.0 Å². The van der Waals surface area contributed by atoms with Gasteiger partial charge in [-0.3, -0.25) is 4.79 Å². The van der Waals surface area contributed by atoms with Gasteiger partial charge in [-0.25, -0.2) is 5.43 Å². The average Bonchev–Trinajstić information content (AvgIpc) is 2.60. The van der Waals surface area contributed by atoms with Crippen molar-refractivity contribution in [3.63, 3.8) is 0 Å². The molecule has 128 valence electrons. The van der Waals surface area contributed by atoms with Gasteiger partial charge >= 0.3 is 0 Å². The molecule has 1 aromatic rings. The number of hydrogen-bond acceptors (Lipinski definition) is 4. The van der Waals surface area contributed by atoms with Gasteiger partial charge in [-0.05, 0) is 37.3 Å². The molecule has 1 unspecified atom stereocenters. The number of halogens is 1. The Balaban J connectivity index is 1.77. The van der Waals surface area contributed by atoms with Crippen LogP contribution in [-0.2, 0) is 10.5 Å². The summed E-state index contributed by atoms with van der Waals surface area (Å²) in [4.78, 5) is 12.0. The first-order chi connectivity index (χ1) is 11.7. The zero-order valence-electron chi connectivity index (χ0n) is 13.6. The third-order valence-corrected chi connectivity index (χ3v) is 5.84. The van der Waals surface area contributed by atoms with Crippen molar-refractivity contribution in [3.05, 3.63) is 34.3 Å². The molecule has 0 bridgehead atoms. The second-order valence-corrected chi connectivity index (χ2v) is 7.70. The molecule has 6 heteroatoms. The van der Waals surface area contributed by atoms with Crippen LogP contribution in [0.2, 0.25) is 0 Å². The van der Waals surface area contributed by atoms with E-state index in [-0.39, 0.29) is 5.91 Å². The molecule has 2 rings (SSSR count). The van der Waals surface area contributed by atoms with Gasteiger partial charge in [-0.1, -0.05) is 40.5 Å². The highest BCUT2D eigenvalue weighted by Gasteiger charge is 2.20. The van der Waals surface area contributed by atoms with Crippen LogP contribution in [0, 0.1) is 17.2 Å². The molecule has 1 saturated carbocycles. The molecule has 0 saturated heterocycles. The van der Waals surface area contributed by atoms with E-state index in [1.807, 2.05) is 18.2 Å². The van der Waals surface area contributed by atoms with Crippen molar-refractivity contribution in [3.8, 4) is 6.07 Å². The lowest BCUT2D eigenvalue weighted by Crippen LogP contribution is -2.26. The van der Waals surface area contributed by atoms with Crippen molar-refractivity contribution in [1.29, 1.82) is 5.26 Å². The van der Waals surface area contributed by atoms with Gasteiger partial charge in [-0.15, -0.1) is 11.8 Å². The Bertz CT molecular complexity index is 627. The molecule has 1 atom stereocenters. The Labute approximate surface area is 156 Å². The quantitative estimate of drug-likeness (QED) is 0.668. The number of nitrogens with zero attached hydrogens (tertiary/aromatic N) is 2. The molecule has 1 fully saturated rings. The van der Waals surface area contributed by atoms with Crippen LogP contribution < -0.4 is 5.43 Å². The van der Waals surface area contributed by atoms with Crippen LogP contribution in [0.3, 0.4) is 0 Å². The summed E-state index contributed by atoms with van der Waals surface area (Å²) < 4.78 is 1.07.